The number of imidazole rings is 1. The molecule has 2 aromatic rings. The van der Waals surface area contributed by atoms with Crippen molar-refractivity contribution in [2.75, 3.05) is 5.75 Å². The van der Waals surface area contributed by atoms with Crippen molar-refractivity contribution in [3.05, 3.63) is 47.8 Å². The van der Waals surface area contributed by atoms with Crippen LogP contribution in [-0.4, -0.2) is 15.3 Å². The Morgan fingerprint density at radius 3 is 2.75 bits per heavy atom. The van der Waals surface area contributed by atoms with Gasteiger partial charge in [0.1, 0.15) is 0 Å². The van der Waals surface area contributed by atoms with Crippen LogP contribution in [0.2, 0.25) is 0 Å². The molecular weight excluding hydrogens is 287 g/mol. The normalized spacial score (nSPS) is 13.4. The van der Waals surface area contributed by atoms with Crippen LogP contribution in [-0.2, 0) is 13.2 Å². The van der Waals surface area contributed by atoms with E-state index in [1.54, 1.807) is 18.5 Å². The second-order valence-electron chi connectivity index (χ2n) is 4.36. The van der Waals surface area contributed by atoms with Crippen molar-refractivity contribution < 1.29 is 13.2 Å². The second kappa shape index (κ2) is 5.88. The molecule has 1 unspecified atom stereocenters. The van der Waals surface area contributed by atoms with Crippen molar-refractivity contribution in [1.29, 1.82) is 0 Å². The fourth-order valence-electron chi connectivity index (χ4n) is 1.70. The number of rotatable bonds is 4. The van der Waals surface area contributed by atoms with Gasteiger partial charge in [-0.2, -0.15) is 13.2 Å². The topological polar surface area (TPSA) is 43.8 Å². The van der Waals surface area contributed by atoms with Gasteiger partial charge in [0.25, 0.3) is 0 Å². The van der Waals surface area contributed by atoms with Gasteiger partial charge in [0.05, 0.1) is 5.56 Å². The first-order valence-corrected chi connectivity index (χ1v) is 6.89. The summed E-state index contributed by atoms with van der Waals surface area (Å²) in [4.78, 5) is 4.13. The van der Waals surface area contributed by atoms with Gasteiger partial charge in [-0.1, -0.05) is 23.9 Å². The minimum atomic E-state index is -4.34. The van der Waals surface area contributed by atoms with E-state index in [-0.39, 0.29) is 0 Å². The number of hydrogen-bond acceptors (Lipinski definition) is 3. The zero-order chi connectivity index (χ0) is 14.8. The zero-order valence-electron chi connectivity index (χ0n) is 10.8. The molecule has 20 heavy (non-hydrogen) atoms. The van der Waals surface area contributed by atoms with Gasteiger partial charge in [-0.15, -0.1) is 0 Å². The number of hydrogen-bond donors (Lipinski definition) is 1. The number of aromatic nitrogens is 2. The van der Waals surface area contributed by atoms with Gasteiger partial charge in [-0.05, 0) is 17.7 Å². The fraction of sp³-hybridized carbons (Fsp3) is 0.308. The van der Waals surface area contributed by atoms with E-state index in [0.29, 0.717) is 11.3 Å². The molecule has 0 amide bonds. The van der Waals surface area contributed by atoms with Crippen molar-refractivity contribution >= 4 is 11.8 Å². The first kappa shape index (κ1) is 14.9. The van der Waals surface area contributed by atoms with E-state index in [0.717, 1.165) is 17.3 Å². The standard InChI is InChI=1S/C13H14F3N3S/c1-19-6-5-18-12(19)20-8-11(17)9-3-2-4-10(7-9)13(14,15)16/h2-7,11H,8,17H2,1H3. The number of alkyl halides is 3. The molecule has 1 heterocycles. The highest BCUT2D eigenvalue weighted by Gasteiger charge is 2.30. The summed E-state index contributed by atoms with van der Waals surface area (Å²) in [5.74, 6) is 0.464. The highest BCUT2D eigenvalue weighted by Crippen LogP contribution is 2.31. The van der Waals surface area contributed by atoms with Crippen LogP contribution < -0.4 is 5.73 Å². The van der Waals surface area contributed by atoms with Crippen molar-refractivity contribution in [3.63, 3.8) is 0 Å². The number of nitrogens with zero attached hydrogens (tertiary/aromatic N) is 2. The van der Waals surface area contributed by atoms with E-state index in [1.807, 2.05) is 11.6 Å². The highest BCUT2D eigenvalue weighted by molar-refractivity contribution is 7.99. The molecule has 0 aliphatic carbocycles. The number of aryl methyl sites for hydroxylation is 1. The molecule has 0 saturated carbocycles. The summed E-state index contributed by atoms with van der Waals surface area (Å²) < 4.78 is 39.7. The average Bonchev–Trinajstić information content (AvgIpc) is 2.81. The van der Waals surface area contributed by atoms with Gasteiger partial charge in [0.15, 0.2) is 5.16 Å². The maximum absolute atomic E-state index is 12.6. The minimum Gasteiger partial charge on any atom is -0.329 e. The largest absolute Gasteiger partial charge is 0.416 e. The van der Waals surface area contributed by atoms with Crippen LogP contribution >= 0.6 is 11.8 Å². The highest BCUT2D eigenvalue weighted by atomic mass is 32.2. The summed E-state index contributed by atoms with van der Waals surface area (Å²) in [6.07, 6.45) is -0.876. The molecule has 7 heteroatoms. The molecule has 0 spiro atoms. The molecule has 0 aliphatic rings. The molecule has 1 aromatic heterocycles. The first-order chi connectivity index (χ1) is 9.38. The summed E-state index contributed by atoms with van der Waals surface area (Å²) in [7, 11) is 1.85. The third kappa shape index (κ3) is 3.55. The summed E-state index contributed by atoms with van der Waals surface area (Å²) in [6, 6.07) is 4.66. The van der Waals surface area contributed by atoms with Crippen molar-refractivity contribution in [3.8, 4) is 0 Å². The predicted molar refractivity (Wildman–Crippen MR) is 72.3 cm³/mol. The Balaban J connectivity index is 2.06. The summed E-state index contributed by atoms with van der Waals surface area (Å²) >= 11 is 1.42. The molecule has 1 atom stereocenters. The van der Waals surface area contributed by atoms with Crippen LogP contribution in [0.25, 0.3) is 0 Å². The Bertz CT molecular complexity index is 580. The van der Waals surface area contributed by atoms with Crippen LogP contribution in [0, 0.1) is 0 Å². The second-order valence-corrected chi connectivity index (χ2v) is 5.35. The van der Waals surface area contributed by atoms with Gasteiger partial charge in [-0.3, -0.25) is 0 Å². The Morgan fingerprint density at radius 2 is 2.15 bits per heavy atom. The van der Waals surface area contributed by atoms with Crippen molar-refractivity contribution in [2.45, 2.75) is 17.4 Å². The van der Waals surface area contributed by atoms with Crippen molar-refractivity contribution in [2.24, 2.45) is 12.8 Å². The van der Waals surface area contributed by atoms with Crippen LogP contribution in [0.5, 0.6) is 0 Å². The van der Waals surface area contributed by atoms with E-state index < -0.39 is 17.8 Å². The maximum atomic E-state index is 12.6. The van der Waals surface area contributed by atoms with E-state index in [4.69, 9.17) is 5.73 Å². The smallest absolute Gasteiger partial charge is 0.329 e. The Morgan fingerprint density at radius 1 is 1.40 bits per heavy atom. The first-order valence-electron chi connectivity index (χ1n) is 5.91. The number of nitrogens with two attached hydrogens (primary N) is 1. The van der Waals surface area contributed by atoms with Crippen molar-refractivity contribution in [1.82, 2.24) is 9.55 Å². The molecule has 2 rings (SSSR count). The van der Waals surface area contributed by atoms with E-state index in [9.17, 15) is 13.2 Å². The van der Waals surface area contributed by atoms with Gasteiger partial charge in [0.2, 0.25) is 0 Å². The lowest BCUT2D eigenvalue weighted by molar-refractivity contribution is -0.137. The molecule has 0 saturated heterocycles. The molecule has 0 aliphatic heterocycles. The molecule has 108 valence electrons. The monoisotopic (exact) mass is 301 g/mol. The Labute approximate surface area is 119 Å². The summed E-state index contributed by atoms with van der Waals surface area (Å²) in [5, 5.41) is 0.785. The summed E-state index contributed by atoms with van der Waals surface area (Å²) in [5.41, 5.74) is 5.75. The predicted octanol–water partition coefficient (Wildman–Crippen LogP) is 3.23. The van der Waals surface area contributed by atoms with Gasteiger partial charge in [0, 0.05) is 31.2 Å². The minimum absolute atomic E-state index is 0.464. The zero-order valence-corrected chi connectivity index (χ0v) is 11.6. The average molecular weight is 301 g/mol. The molecule has 2 N–H and O–H groups in total. The fourth-order valence-corrected chi connectivity index (χ4v) is 2.62. The SMILES string of the molecule is Cn1ccnc1SCC(N)c1cccc(C(F)(F)F)c1. The van der Waals surface area contributed by atoms with Crippen LogP contribution in [0.4, 0.5) is 13.2 Å². The molecular formula is C13H14F3N3S. The number of halogens is 3. The lowest BCUT2D eigenvalue weighted by atomic mass is 10.1. The lowest BCUT2D eigenvalue weighted by Crippen LogP contribution is -2.15. The van der Waals surface area contributed by atoms with Gasteiger partial charge < -0.3 is 10.3 Å². The molecule has 0 radical (unpaired) electrons. The molecule has 0 fully saturated rings. The van der Waals surface area contributed by atoms with Crippen LogP contribution in [0.3, 0.4) is 0 Å². The third-order valence-electron chi connectivity index (χ3n) is 2.81. The van der Waals surface area contributed by atoms with Crippen LogP contribution in [0.15, 0.2) is 41.8 Å². The van der Waals surface area contributed by atoms with E-state index in [2.05, 4.69) is 4.98 Å². The third-order valence-corrected chi connectivity index (χ3v) is 3.99. The quantitative estimate of drug-likeness (QED) is 0.882. The number of thioether (sulfide) groups is 1. The van der Waals surface area contributed by atoms with Gasteiger partial charge in [-0.25, -0.2) is 4.98 Å². The number of benzene rings is 1. The molecule has 1 aromatic carbocycles. The van der Waals surface area contributed by atoms with Gasteiger partial charge >= 0.3 is 6.18 Å². The van der Waals surface area contributed by atoms with E-state index >= 15 is 0 Å². The maximum Gasteiger partial charge on any atom is 0.416 e. The summed E-state index contributed by atoms with van der Waals surface area (Å²) in [6.45, 7) is 0. The van der Waals surface area contributed by atoms with Crippen LogP contribution in [0.1, 0.15) is 17.2 Å². The lowest BCUT2D eigenvalue weighted by Gasteiger charge is -2.14. The van der Waals surface area contributed by atoms with E-state index in [1.165, 1.54) is 17.8 Å². The molecule has 3 nitrogen and oxygen atoms in total. The Hall–Kier alpha value is -1.47. The molecule has 0 bridgehead atoms. The Kier molecular flexibility index (Phi) is 4.39.